The van der Waals surface area contributed by atoms with Gasteiger partial charge in [-0.15, -0.1) is 0 Å². The second-order valence-electron chi connectivity index (χ2n) is 7.98. The van der Waals surface area contributed by atoms with E-state index in [0.29, 0.717) is 13.1 Å². The minimum Gasteiger partial charge on any atom is -0.507 e. The van der Waals surface area contributed by atoms with Gasteiger partial charge in [0.25, 0.3) is 0 Å². The Kier molecular flexibility index (Phi) is 6.36. The fraction of sp³-hybridized carbons (Fsp3) is 0.375. The van der Waals surface area contributed by atoms with E-state index in [9.17, 15) is 23.1 Å². The molecule has 0 amide bonds. The van der Waals surface area contributed by atoms with Crippen molar-refractivity contribution < 1.29 is 27.4 Å². The topological polar surface area (TPSA) is 66.2 Å². The highest BCUT2D eigenvalue weighted by molar-refractivity contribution is 5.87. The van der Waals surface area contributed by atoms with E-state index < -0.39 is 22.9 Å². The molecule has 0 bridgehead atoms. The average Bonchev–Trinajstić information content (AvgIpc) is 2.80. The molecular weight excluding hydrogens is 437 g/mol. The molecule has 1 N–H and O–H groups in total. The molecule has 1 fully saturated rings. The normalized spacial score (nSPS) is 15.8. The Morgan fingerprint density at radius 2 is 1.73 bits per heavy atom. The van der Waals surface area contributed by atoms with Crippen LogP contribution in [0.5, 0.6) is 11.5 Å². The van der Waals surface area contributed by atoms with Crippen molar-refractivity contribution in [3.05, 3.63) is 57.9 Å². The number of alkyl halides is 3. The summed E-state index contributed by atoms with van der Waals surface area (Å²) in [6.07, 6.45) is -4.93. The van der Waals surface area contributed by atoms with E-state index in [0.717, 1.165) is 19.6 Å². The first-order chi connectivity index (χ1) is 15.7. The molecule has 6 nitrogen and oxygen atoms in total. The Balaban J connectivity index is 1.90. The number of rotatable bonds is 5. The summed E-state index contributed by atoms with van der Waals surface area (Å²) >= 11 is 0. The second kappa shape index (κ2) is 9.07. The lowest BCUT2D eigenvalue weighted by molar-refractivity contribution is -0.152. The van der Waals surface area contributed by atoms with Crippen LogP contribution in [0.2, 0.25) is 0 Å². The van der Waals surface area contributed by atoms with E-state index in [-0.39, 0.29) is 40.1 Å². The molecule has 1 aromatic heterocycles. The van der Waals surface area contributed by atoms with Crippen LogP contribution in [0.3, 0.4) is 0 Å². The van der Waals surface area contributed by atoms with Gasteiger partial charge in [0.2, 0.25) is 11.2 Å². The van der Waals surface area contributed by atoms with Gasteiger partial charge in [0, 0.05) is 38.3 Å². The number of fused-ring (bicyclic) bond motifs is 1. The van der Waals surface area contributed by atoms with Gasteiger partial charge in [-0.05, 0) is 24.7 Å². The molecule has 9 heteroatoms. The molecule has 3 aromatic rings. The number of para-hydroxylation sites is 1. The molecule has 1 aliphatic heterocycles. The number of hydrogen-bond acceptors (Lipinski definition) is 6. The molecule has 0 aliphatic carbocycles. The number of phenolic OH excluding ortho intramolecular Hbond substituents is 1. The lowest BCUT2D eigenvalue weighted by atomic mass is 9.99. The fourth-order valence-corrected chi connectivity index (χ4v) is 4.24. The Labute approximate surface area is 188 Å². The van der Waals surface area contributed by atoms with Crippen LogP contribution in [0.4, 0.5) is 13.2 Å². The van der Waals surface area contributed by atoms with Crippen molar-refractivity contribution in [3.8, 4) is 22.6 Å². The highest BCUT2D eigenvalue weighted by Gasteiger charge is 2.40. The summed E-state index contributed by atoms with van der Waals surface area (Å²) in [7, 11) is 1.32. The zero-order chi connectivity index (χ0) is 23.8. The monoisotopic (exact) mass is 462 g/mol. The zero-order valence-corrected chi connectivity index (χ0v) is 18.4. The van der Waals surface area contributed by atoms with Crippen molar-refractivity contribution in [2.75, 3.05) is 39.8 Å². The minimum atomic E-state index is -4.93. The van der Waals surface area contributed by atoms with E-state index in [2.05, 4.69) is 11.8 Å². The van der Waals surface area contributed by atoms with Gasteiger partial charge in [-0.2, -0.15) is 13.2 Å². The quantitative estimate of drug-likeness (QED) is 0.609. The number of phenols is 1. The number of nitrogens with zero attached hydrogens (tertiary/aromatic N) is 2. The number of likely N-dealkylation sites (N-methyl/N-ethyl adjacent to an activating group) is 1. The maximum Gasteiger partial charge on any atom is 0.450 e. The SMILES string of the molecule is CCN1CCN(Cc2c(O)ccc3c(=O)c(-c4ccccc4OC)c(C(F)(F)F)oc23)CC1. The third-order valence-corrected chi connectivity index (χ3v) is 6.07. The first-order valence-electron chi connectivity index (χ1n) is 10.7. The van der Waals surface area contributed by atoms with Gasteiger partial charge in [0.1, 0.15) is 17.1 Å². The fourth-order valence-electron chi connectivity index (χ4n) is 4.24. The average molecular weight is 462 g/mol. The maximum atomic E-state index is 14.1. The molecule has 0 atom stereocenters. The van der Waals surface area contributed by atoms with Gasteiger partial charge in [0.15, 0.2) is 0 Å². The van der Waals surface area contributed by atoms with Crippen molar-refractivity contribution in [1.29, 1.82) is 0 Å². The summed E-state index contributed by atoms with van der Waals surface area (Å²) in [6, 6.07) is 8.63. The first-order valence-corrected chi connectivity index (χ1v) is 10.7. The van der Waals surface area contributed by atoms with Crippen LogP contribution in [-0.4, -0.2) is 54.7 Å². The molecule has 0 spiro atoms. The van der Waals surface area contributed by atoms with Crippen molar-refractivity contribution >= 4 is 11.0 Å². The Morgan fingerprint density at radius 3 is 2.36 bits per heavy atom. The third kappa shape index (κ3) is 4.43. The summed E-state index contributed by atoms with van der Waals surface area (Å²) in [5.74, 6) is -1.49. The van der Waals surface area contributed by atoms with Crippen LogP contribution < -0.4 is 10.2 Å². The van der Waals surface area contributed by atoms with Gasteiger partial charge >= 0.3 is 6.18 Å². The van der Waals surface area contributed by atoms with E-state index in [1.54, 1.807) is 6.07 Å². The van der Waals surface area contributed by atoms with Crippen molar-refractivity contribution in [2.24, 2.45) is 0 Å². The molecule has 0 saturated carbocycles. The lowest BCUT2D eigenvalue weighted by Crippen LogP contribution is -2.45. The molecule has 2 heterocycles. The Bertz CT molecular complexity index is 1210. The number of halogens is 3. The van der Waals surface area contributed by atoms with Crippen molar-refractivity contribution in [2.45, 2.75) is 19.6 Å². The van der Waals surface area contributed by atoms with Crippen LogP contribution in [0.25, 0.3) is 22.1 Å². The Hall–Kier alpha value is -3.04. The summed E-state index contributed by atoms with van der Waals surface area (Å²) in [5, 5.41) is 10.5. The van der Waals surface area contributed by atoms with Gasteiger partial charge in [0.05, 0.1) is 23.6 Å². The standard InChI is InChI=1S/C24H25F3N2O4/c1-3-28-10-12-29(13-11-28)14-17-18(30)9-8-16-21(31)20(15-6-4-5-7-19(15)32-2)23(24(25,26)27)33-22(16)17/h4-9,30H,3,10-14H2,1-2H3. The van der Waals surface area contributed by atoms with Crippen molar-refractivity contribution in [3.63, 3.8) is 0 Å². The van der Waals surface area contributed by atoms with Crippen LogP contribution >= 0.6 is 0 Å². The van der Waals surface area contributed by atoms with Gasteiger partial charge in [-0.3, -0.25) is 9.69 Å². The molecule has 176 valence electrons. The van der Waals surface area contributed by atoms with Crippen LogP contribution in [-0.2, 0) is 12.7 Å². The molecule has 0 unspecified atom stereocenters. The summed E-state index contributed by atoms with van der Waals surface area (Å²) in [6.45, 7) is 6.19. The van der Waals surface area contributed by atoms with Crippen molar-refractivity contribution in [1.82, 2.24) is 9.80 Å². The number of methoxy groups -OCH3 is 1. The van der Waals surface area contributed by atoms with Crippen LogP contribution in [0.1, 0.15) is 18.2 Å². The number of aromatic hydroxyl groups is 1. The van der Waals surface area contributed by atoms with E-state index >= 15 is 0 Å². The molecule has 1 saturated heterocycles. The highest BCUT2D eigenvalue weighted by atomic mass is 19.4. The molecule has 4 rings (SSSR count). The molecular formula is C24H25F3N2O4. The summed E-state index contributed by atoms with van der Waals surface area (Å²) in [5.41, 5.74) is -1.52. The third-order valence-electron chi connectivity index (χ3n) is 6.07. The molecule has 33 heavy (non-hydrogen) atoms. The first kappa shape index (κ1) is 23.1. The minimum absolute atomic E-state index is 0.00622. The Morgan fingerprint density at radius 1 is 1.06 bits per heavy atom. The van der Waals surface area contributed by atoms with E-state index in [4.69, 9.17) is 9.15 Å². The molecule has 0 radical (unpaired) electrons. The summed E-state index contributed by atoms with van der Waals surface area (Å²) < 4.78 is 52.9. The van der Waals surface area contributed by atoms with Gasteiger partial charge in [-0.25, -0.2) is 0 Å². The van der Waals surface area contributed by atoms with Crippen LogP contribution in [0.15, 0.2) is 45.6 Å². The van der Waals surface area contributed by atoms with E-state index in [1.165, 1.54) is 37.4 Å². The predicted molar refractivity (Wildman–Crippen MR) is 119 cm³/mol. The molecule has 1 aliphatic rings. The highest BCUT2D eigenvalue weighted by Crippen LogP contribution is 2.41. The zero-order valence-electron chi connectivity index (χ0n) is 18.4. The summed E-state index contributed by atoms with van der Waals surface area (Å²) in [4.78, 5) is 17.7. The van der Waals surface area contributed by atoms with Gasteiger partial charge in [-0.1, -0.05) is 25.1 Å². The number of benzene rings is 2. The van der Waals surface area contributed by atoms with Crippen LogP contribution in [0, 0.1) is 0 Å². The number of hydrogen-bond donors (Lipinski definition) is 1. The second-order valence-corrected chi connectivity index (χ2v) is 7.98. The predicted octanol–water partition coefficient (Wildman–Crippen LogP) is 4.33. The number of ether oxygens (including phenoxy) is 1. The van der Waals surface area contributed by atoms with Gasteiger partial charge < -0.3 is 19.2 Å². The largest absolute Gasteiger partial charge is 0.507 e. The number of piperazine rings is 1. The molecule has 2 aromatic carbocycles. The maximum absolute atomic E-state index is 14.1. The smallest absolute Gasteiger partial charge is 0.450 e. The lowest BCUT2D eigenvalue weighted by Gasteiger charge is -2.34. The van der Waals surface area contributed by atoms with E-state index in [1.807, 2.05) is 4.90 Å².